The fourth-order valence-corrected chi connectivity index (χ4v) is 4.34. The number of ether oxygens (including phenoxy) is 1. The lowest BCUT2D eigenvalue weighted by molar-refractivity contribution is -0.144. The molecule has 1 aliphatic heterocycles. The molecule has 1 aromatic carbocycles. The van der Waals surface area contributed by atoms with Gasteiger partial charge in [-0.05, 0) is 50.1 Å². The number of hydrogen-bond acceptors (Lipinski definition) is 4. The van der Waals surface area contributed by atoms with Crippen molar-refractivity contribution in [3.05, 3.63) is 29.8 Å². The van der Waals surface area contributed by atoms with Gasteiger partial charge in [-0.1, -0.05) is 25.5 Å². The molecule has 1 saturated heterocycles. The summed E-state index contributed by atoms with van der Waals surface area (Å²) in [6.07, 6.45) is 3.20. The Morgan fingerprint density at radius 2 is 2.08 bits per heavy atom. The number of rotatable bonds is 7. The average molecular weight is 352 g/mol. The monoisotopic (exact) mass is 351 g/mol. The van der Waals surface area contributed by atoms with Gasteiger partial charge in [0.15, 0.2) is 0 Å². The van der Waals surface area contributed by atoms with Gasteiger partial charge < -0.3 is 9.84 Å². The van der Waals surface area contributed by atoms with E-state index >= 15 is 0 Å². The van der Waals surface area contributed by atoms with E-state index in [9.17, 15) is 9.90 Å². The summed E-state index contributed by atoms with van der Waals surface area (Å²) in [4.78, 5) is 14.0. The first kappa shape index (κ1) is 19.1. The van der Waals surface area contributed by atoms with Gasteiger partial charge in [-0.15, -0.1) is 0 Å². The maximum Gasteiger partial charge on any atom is 0.322 e. The third-order valence-electron chi connectivity index (χ3n) is 4.40. The zero-order chi connectivity index (χ0) is 17.6. The number of aliphatic carboxylic acids is 1. The Hall–Kier alpha value is -1.20. The van der Waals surface area contributed by atoms with Gasteiger partial charge in [0.1, 0.15) is 11.8 Å². The average Bonchev–Trinajstić information content (AvgIpc) is 2.67. The number of carboxylic acid groups (broad SMARTS) is 1. The Morgan fingerprint density at radius 1 is 1.38 bits per heavy atom. The highest BCUT2D eigenvalue weighted by molar-refractivity contribution is 8.00. The van der Waals surface area contributed by atoms with Crippen LogP contribution in [0.3, 0.4) is 0 Å². The van der Waals surface area contributed by atoms with Crippen molar-refractivity contribution in [2.45, 2.75) is 57.4 Å². The van der Waals surface area contributed by atoms with E-state index in [1.54, 1.807) is 11.8 Å². The summed E-state index contributed by atoms with van der Waals surface area (Å²) in [7, 11) is 0. The van der Waals surface area contributed by atoms with E-state index in [0.29, 0.717) is 6.54 Å². The van der Waals surface area contributed by atoms with Crippen LogP contribution in [0.4, 0.5) is 0 Å². The topological polar surface area (TPSA) is 49.8 Å². The van der Waals surface area contributed by atoms with Gasteiger partial charge in [0.2, 0.25) is 0 Å². The molecule has 5 heteroatoms. The van der Waals surface area contributed by atoms with Crippen molar-refractivity contribution < 1.29 is 14.6 Å². The van der Waals surface area contributed by atoms with E-state index in [2.05, 4.69) is 11.8 Å². The second-order valence-electron chi connectivity index (χ2n) is 6.86. The summed E-state index contributed by atoms with van der Waals surface area (Å²) < 4.78 is 5.41. The van der Waals surface area contributed by atoms with Gasteiger partial charge in [0, 0.05) is 17.8 Å². The maximum absolute atomic E-state index is 11.8. The molecule has 1 N–H and O–H groups in total. The van der Waals surface area contributed by atoms with Gasteiger partial charge in [-0.2, -0.15) is 11.8 Å². The third-order valence-corrected chi connectivity index (χ3v) is 5.86. The summed E-state index contributed by atoms with van der Waals surface area (Å²) >= 11 is 1.76. The van der Waals surface area contributed by atoms with Crippen molar-refractivity contribution in [1.82, 2.24) is 4.90 Å². The molecule has 24 heavy (non-hydrogen) atoms. The van der Waals surface area contributed by atoms with Gasteiger partial charge >= 0.3 is 5.97 Å². The highest BCUT2D eigenvalue weighted by Gasteiger charge is 2.41. The molecule has 2 rings (SSSR count). The molecule has 0 aromatic heterocycles. The SMILES string of the molecule is CCCCOc1ccc(CN2CCCSC(C)(C)[C@@H]2C(=O)O)cc1. The summed E-state index contributed by atoms with van der Waals surface area (Å²) in [5, 5.41) is 9.74. The van der Waals surface area contributed by atoms with E-state index in [1.165, 1.54) is 0 Å². The number of benzene rings is 1. The third kappa shape index (κ3) is 5.15. The first-order valence-electron chi connectivity index (χ1n) is 8.76. The van der Waals surface area contributed by atoms with Gasteiger partial charge in [0.25, 0.3) is 0 Å². The van der Waals surface area contributed by atoms with Crippen LogP contribution < -0.4 is 4.74 Å². The van der Waals surface area contributed by atoms with Crippen molar-refractivity contribution in [2.24, 2.45) is 0 Å². The molecule has 0 radical (unpaired) electrons. The molecule has 0 aliphatic carbocycles. The van der Waals surface area contributed by atoms with Crippen LogP contribution in [0.15, 0.2) is 24.3 Å². The number of hydrogen-bond donors (Lipinski definition) is 1. The minimum atomic E-state index is -0.728. The molecule has 4 nitrogen and oxygen atoms in total. The highest BCUT2D eigenvalue weighted by atomic mass is 32.2. The summed E-state index contributed by atoms with van der Waals surface area (Å²) in [5.74, 6) is 1.17. The van der Waals surface area contributed by atoms with Crippen LogP contribution in [-0.4, -0.2) is 45.7 Å². The van der Waals surface area contributed by atoms with Crippen LogP contribution in [0.1, 0.15) is 45.6 Å². The predicted molar refractivity (Wildman–Crippen MR) is 99.8 cm³/mol. The summed E-state index contributed by atoms with van der Waals surface area (Å²) in [5.41, 5.74) is 1.13. The molecule has 1 aromatic rings. The Bertz CT molecular complexity index is 530. The van der Waals surface area contributed by atoms with Crippen LogP contribution in [0.25, 0.3) is 0 Å². The lowest BCUT2D eigenvalue weighted by Gasteiger charge is -2.36. The zero-order valence-electron chi connectivity index (χ0n) is 15.0. The molecular formula is C19H29NO3S. The molecule has 134 valence electrons. The second kappa shape index (κ2) is 8.77. The Labute approximate surface area is 149 Å². The molecular weight excluding hydrogens is 322 g/mol. The minimum Gasteiger partial charge on any atom is -0.494 e. The van der Waals surface area contributed by atoms with Gasteiger partial charge in [-0.25, -0.2) is 0 Å². The van der Waals surface area contributed by atoms with Crippen molar-refractivity contribution in [2.75, 3.05) is 18.9 Å². The van der Waals surface area contributed by atoms with Crippen LogP contribution in [-0.2, 0) is 11.3 Å². The maximum atomic E-state index is 11.8. The fraction of sp³-hybridized carbons (Fsp3) is 0.632. The lowest BCUT2D eigenvalue weighted by Crippen LogP contribution is -2.51. The lowest BCUT2D eigenvalue weighted by atomic mass is 10.0. The van der Waals surface area contributed by atoms with Gasteiger partial charge in [-0.3, -0.25) is 9.69 Å². The molecule has 0 unspecified atom stereocenters. The Balaban J connectivity index is 2.05. The standard InChI is InChI=1S/C19H29NO3S/c1-4-5-12-23-16-9-7-15(8-10-16)14-20-11-6-13-24-19(2,3)17(20)18(21)22/h7-10,17H,4-6,11-14H2,1-3H3,(H,21,22)/t17-/m0/s1. The van der Waals surface area contributed by atoms with Crippen molar-refractivity contribution in [3.63, 3.8) is 0 Å². The zero-order valence-corrected chi connectivity index (χ0v) is 15.8. The molecule has 0 spiro atoms. The number of carbonyl (C=O) groups is 1. The highest BCUT2D eigenvalue weighted by Crippen LogP contribution is 2.35. The Kier molecular flexibility index (Phi) is 6.99. The van der Waals surface area contributed by atoms with E-state index in [4.69, 9.17) is 4.74 Å². The number of nitrogens with zero attached hydrogens (tertiary/aromatic N) is 1. The molecule has 1 fully saturated rings. The smallest absolute Gasteiger partial charge is 0.322 e. The van der Waals surface area contributed by atoms with Crippen LogP contribution in [0.2, 0.25) is 0 Å². The first-order valence-corrected chi connectivity index (χ1v) is 9.75. The number of thioether (sulfide) groups is 1. The quantitative estimate of drug-likeness (QED) is 0.752. The van der Waals surface area contributed by atoms with E-state index in [0.717, 1.165) is 49.5 Å². The van der Waals surface area contributed by atoms with Crippen LogP contribution in [0, 0.1) is 0 Å². The van der Waals surface area contributed by atoms with E-state index < -0.39 is 12.0 Å². The number of unbranched alkanes of at least 4 members (excludes halogenated alkanes) is 1. The second-order valence-corrected chi connectivity index (χ2v) is 8.61. The summed E-state index contributed by atoms with van der Waals surface area (Å²) in [6, 6.07) is 7.60. The normalized spacial score (nSPS) is 21.2. The molecule has 1 atom stereocenters. The Morgan fingerprint density at radius 3 is 2.71 bits per heavy atom. The first-order chi connectivity index (χ1) is 11.4. The number of carboxylic acids is 1. The van der Waals surface area contributed by atoms with Crippen molar-refractivity contribution in [1.29, 1.82) is 0 Å². The minimum absolute atomic E-state index is 0.286. The fourth-order valence-electron chi connectivity index (χ4n) is 3.13. The van der Waals surface area contributed by atoms with E-state index in [-0.39, 0.29) is 4.75 Å². The van der Waals surface area contributed by atoms with Crippen molar-refractivity contribution in [3.8, 4) is 5.75 Å². The van der Waals surface area contributed by atoms with E-state index in [1.807, 2.05) is 38.1 Å². The van der Waals surface area contributed by atoms with Crippen LogP contribution in [0.5, 0.6) is 5.75 Å². The van der Waals surface area contributed by atoms with Crippen LogP contribution >= 0.6 is 11.8 Å². The largest absolute Gasteiger partial charge is 0.494 e. The molecule has 0 bridgehead atoms. The molecule has 1 heterocycles. The summed E-state index contributed by atoms with van der Waals surface area (Å²) in [6.45, 7) is 8.46. The van der Waals surface area contributed by atoms with Gasteiger partial charge in [0.05, 0.1) is 6.61 Å². The molecule has 1 aliphatic rings. The van der Waals surface area contributed by atoms with Crippen molar-refractivity contribution >= 4 is 17.7 Å². The molecule has 0 amide bonds. The molecule has 0 saturated carbocycles. The predicted octanol–water partition coefficient (Wildman–Crippen LogP) is 4.04.